The first kappa shape index (κ1) is 30.1. The molecule has 3 atom stereocenters. The molecule has 224 valence electrons. The van der Waals surface area contributed by atoms with E-state index in [0.29, 0.717) is 11.6 Å². The van der Waals surface area contributed by atoms with Crippen LogP contribution in [-0.2, 0) is 30.8 Å². The summed E-state index contributed by atoms with van der Waals surface area (Å²) in [5, 5.41) is 16.3. The number of fused-ring (bicyclic) bond motifs is 2. The lowest BCUT2D eigenvalue weighted by Gasteiger charge is -2.32. The first-order valence-corrected chi connectivity index (χ1v) is 16.2. The lowest BCUT2D eigenvalue weighted by Crippen LogP contribution is -2.60. The largest absolute Gasteiger partial charge is 0.341 e. The fraction of sp³-hybridized carbons (Fsp3) is 0.387. The van der Waals surface area contributed by atoms with Crippen molar-refractivity contribution in [1.82, 2.24) is 15.6 Å². The Bertz CT molecular complexity index is 1760. The third-order valence-electron chi connectivity index (χ3n) is 8.11. The minimum Gasteiger partial charge on any atom is -0.341 e. The summed E-state index contributed by atoms with van der Waals surface area (Å²) in [6, 6.07) is 11.5. The number of hydrogen-bond donors (Lipinski definition) is 2. The van der Waals surface area contributed by atoms with Gasteiger partial charge in [-0.2, -0.15) is 5.26 Å². The number of rotatable bonds is 8. The highest BCUT2D eigenvalue weighted by Crippen LogP contribution is 2.44. The van der Waals surface area contributed by atoms with E-state index in [1.54, 1.807) is 33.0 Å². The molecule has 11 nitrogen and oxygen atoms in total. The van der Waals surface area contributed by atoms with Crippen LogP contribution in [0.5, 0.6) is 0 Å². The number of amides is 3. The number of aromatic nitrogens is 1. The highest BCUT2D eigenvalue weighted by Gasteiger charge is 2.43. The SMILES string of the molecule is CNC(C)C(=O)N[C@@H]1C(=O)N(Cc2c(C3CC3)cnc3ccccc23)c2ccc(C#N)cc2N(C(=O)CS(C)(=O)=O)[C@H]1C. The van der Waals surface area contributed by atoms with Gasteiger partial charge >= 0.3 is 0 Å². The molecule has 1 saturated carbocycles. The number of anilines is 2. The van der Waals surface area contributed by atoms with E-state index in [2.05, 4.69) is 21.7 Å². The van der Waals surface area contributed by atoms with E-state index in [-0.39, 0.29) is 17.8 Å². The van der Waals surface area contributed by atoms with Crippen molar-refractivity contribution in [3.8, 4) is 6.07 Å². The molecule has 3 amide bonds. The molecule has 1 unspecified atom stereocenters. The van der Waals surface area contributed by atoms with E-state index in [0.717, 1.165) is 41.1 Å². The quantitative estimate of drug-likeness (QED) is 0.399. The number of likely N-dealkylation sites (N-methyl/N-ethyl adjacent to an activating group) is 1. The zero-order chi connectivity index (χ0) is 31.1. The zero-order valence-corrected chi connectivity index (χ0v) is 25.3. The molecule has 0 radical (unpaired) electrons. The van der Waals surface area contributed by atoms with Crippen molar-refractivity contribution >= 4 is 49.8 Å². The fourth-order valence-electron chi connectivity index (χ4n) is 5.58. The van der Waals surface area contributed by atoms with Gasteiger partial charge in [0.15, 0.2) is 9.84 Å². The number of benzene rings is 2. The summed E-state index contributed by atoms with van der Waals surface area (Å²) in [5.41, 5.74) is 3.50. The first-order valence-electron chi connectivity index (χ1n) is 14.1. The smallest absolute Gasteiger partial charge is 0.252 e. The summed E-state index contributed by atoms with van der Waals surface area (Å²) >= 11 is 0. The highest BCUT2D eigenvalue weighted by molar-refractivity contribution is 7.91. The van der Waals surface area contributed by atoms with E-state index in [1.165, 1.54) is 15.9 Å². The number of sulfone groups is 1. The molecule has 0 spiro atoms. The Morgan fingerprint density at radius 2 is 1.88 bits per heavy atom. The maximum Gasteiger partial charge on any atom is 0.252 e. The van der Waals surface area contributed by atoms with Gasteiger partial charge < -0.3 is 20.4 Å². The van der Waals surface area contributed by atoms with Crippen molar-refractivity contribution in [3.63, 3.8) is 0 Å². The Hall–Kier alpha value is -4.34. The molecule has 2 N–H and O–H groups in total. The predicted molar refractivity (Wildman–Crippen MR) is 163 cm³/mol. The molecule has 1 aliphatic carbocycles. The lowest BCUT2D eigenvalue weighted by atomic mass is 9.99. The average Bonchev–Trinajstić information content (AvgIpc) is 3.82. The number of nitrogens with zero attached hydrogens (tertiary/aromatic N) is 4. The maximum atomic E-state index is 14.6. The molecule has 1 aliphatic heterocycles. The van der Waals surface area contributed by atoms with E-state index in [9.17, 15) is 28.1 Å². The van der Waals surface area contributed by atoms with E-state index >= 15 is 0 Å². The number of pyridine rings is 1. The molecule has 1 fully saturated rings. The summed E-state index contributed by atoms with van der Waals surface area (Å²) in [4.78, 5) is 48.8. The van der Waals surface area contributed by atoms with Crippen molar-refractivity contribution in [2.45, 2.75) is 57.3 Å². The Morgan fingerprint density at radius 3 is 2.53 bits per heavy atom. The van der Waals surface area contributed by atoms with Gasteiger partial charge in [0, 0.05) is 17.8 Å². The van der Waals surface area contributed by atoms with E-state index < -0.39 is 51.4 Å². The summed E-state index contributed by atoms with van der Waals surface area (Å²) < 4.78 is 24.5. The van der Waals surface area contributed by atoms with Crippen LogP contribution < -0.4 is 20.4 Å². The van der Waals surface area contributed by atoms with Crippen LogP contribution in [-0.4, -0.2) is 68.3 Å². The van der Waals surface area contributed by atoms with Crippen molar-refractivity contribution in [2.24, 2.45) is 0 Å². The first-order chi connectivity index (χ1) is 20.4. The van der Waals surface area contributed by atoms with Gasteiger partial charge in [0.2, 0.25) is 11.8 Å². The number of nitrogens with one attached hydrogen (secondary N) is 2. The Labute approximate surface area is 250 Å². The second kappa shape index (κ2) is 11.7. The van der Waals surface area contributed by atoms with Crippen LogP contribution in [0, 0.1) is 11.3 Å². The second-order valence-electron chi connectivity index (χ2n) is 11.3. The number of carbonyl (C=O) groups excluding carboxylic acids is 3. The average molecular weight is 603 g/mol. The number of para-hydroxylation sites is 1. The predicted octanol–water partition coefficient (Wildman–Crippen LogP) is 2.39. The van der Waals surface area contributed by atoms with Crippen molar-refractivity contribution in [2.75, 3.05) is 28.9 Å². The van der Waals surface area contributed by atoms with Gasteiger partial charge in [-0.15, -0.1) is 0 Å². The van der Waals surface area contributed by atoms with Crippen LogP contribution in [0.4, 0.5) is 11.4 Å². The van der Waals surface area contributed by atoms with Gasteiger partial charge in [-0.3, -0.25) is 19.4 Å². The molecule has 43 heavy (non-hydrogen) atoms. The van der Waals surface area contributed by atoms with E-state index in [1.807, 2.05) is 30.5 Å². The van der Waals surface area contributed by atoms with Crippen LogP contribution in [0.3, 0.4) is 0 Å². The molecule has 2 aromatic carbocycles. The van der Waals surface area contributed by atoms with Gasteiger partial charge in [0.1, 0.15) is 11.8 Å². The minimum absolute atomic E-state index is 0.112. The maximum absolute atomic E-state index is 14.6. The molecule has 0 saturated heterocycles. The summed E-state index contributed by atoms with van der Waals surface area (Å²) in [7, 11) is -2.14. The van der Waals surface area contributed by atoms with Gasteiger partial charge in [-0.1, -0.05) is 18.2 Å². The van der Waals surface area contributed by atoms with Crippen LogP contribution in [0.15, 0.2) is 48.7 Å². The fourth-order valence-corrected chi connectivity index (χ4v) is 6.17. The lowest BCUT2D eigenvalue weighted by molar-refractivity contribution is -0.129. The summed E-state index contributed by atoms with van der Waals surface area (Å²) in [5.74, 6) is -2.19. The molecule has 5 rings (SSSR count). The molecular weight excluding hydrogens is 568 g/mol. The second-order valence-corrected chi connectivity index (χ2v) is 13.4. The number of carbonyl (C=O) groups is 3. The molecule has 0 bridgehead atoms. The Kier molecular flexibility index (Phi) is 8.23. The molecule has 3 aromatic rings. The van der Waals surface area contributed by atoms with Gasteiger partial charge in [0.05, 0.1) is 47.2 Å². The Morgan fingerprint density at radius 1 is 1.16 bits per heavy atom. The third kappa shape index (κ3) is 6.09. The van der Waals surface area contributed by atoms with Gasteiger partial charge in [-0.05, 0) is 75.0 Å². The van der Waals surface area contributed by atoms with Crippen LogP contribution in [0.1, 0.15) is 49.3 Å². The number of hydrogen-bond acceptors (Lipinski definition) is 8. The van der Waals surface area contributed by atoms with E-state index in [4.69, 9.17) is 0 Å². The standard InChI is InChI=1S/C31H34N6O5S/c1-18(33-3)30(39)35-29-19(2)37(28(38)17-43(4,41)42)27-13-20(14-32)9-12-26(27)36(31(29)40)16-24-22-7-5-6-8-25(22)34-15-23(24)21-10-11-21/h5-9,12-13,15,18-19,21,29,33H,10-11,16-17H2,1-4H3,(H,35,39)/t18?,19-,29-/m0/s1. The van der Waals surface area contributed by atoms with Crippen LogP contribution in [0.2, 0.25) is 0 Å². The summed E-state index contributed by atoms with van der Waals surface area (Å²) in [6.45, 7) is 3.35. The third-order valence-corrected chi connectivity index (χ3v) is 8.88. The van der Waals surface area contributed by atoms with Crippen LogP contribution in [0.25, 0.3) is 10.9 Å². The number of nitriles is 1. The molecule has 2 heterocycles. The monoisotopic (exact) mass is 602 g/mol. The van der Waals surface area contributed by atoms with Crippen molar-refractivity contribution in [3.05, 3.63) is 65.4 Å². The summed E-state index contributed by atoms with van der Waals surface area (Å²) in [6.07, 6.45) is 4.83. The van der Waals surface area contributed by atoms with Gasteiger partial charge in [0.25, 0.3) is 5.91 Å². The Balaban J connectivity index is 1.72. The molecule has 12 heteroatoms. The van der Waals surface area contributed by atoms with Crippen molar-refractivity contribution < 1.29 is 22.8 Å². The van der Waals surface area contributed by atoms with Crippen LogP contribution >= 0.6 is 0 Å². The minimum atomic E-state index is -3.75. The zero-order valence-electron chi connectivity index (χ0n) is 24.5. The molecule has 2 aliphatic rings. The highest BCUT2D eigenvalue weighted by atomic mass is 32.2. The normalized spacial score (nSPS) is 19.4. The molecular formula is C31H34N6O5S. The van der Waals surface area contributed by atoms with Crippen molar-refractivity contribution in [1.29, 1.82) is 5.26 Å². The molecule has 1 aromatic heterocycles. The topological polar surface area (TPSA) is 153 Å². The van der Waals surface area contributed by atoms with Gasteiger partial charge in [-0.25, -0.2) is 8.42 Å².